The van der Waals surface area contributed by atoms with E-state index in [9.17, 15) is 18.4 Å². The van der Waals surface area contributed by atoms with E-state index in [1.807, 2.05) is 6.92 Å². The molecule has 1 aliphatic heterocycles. The van der Waals surface area contributed by atoms with E-state index < -0.39 is 24.4 Å². The third-order valence-corrected chi connectivity index (χ3v) is 4.12. The zero-order chi connectivity index (χ0) is 17.9. The Hall–Kier alpha value is -2.38. The van der Waals surface area contributed by atoms with Gasteiger partial charge in [0.2, 0.25) is 0 Å². The summed E-state index contributed by atoms with van der Waals surface area (Å²) >= 11 is 0. The van der Waals surface area contributed by atoms with Crippen LogP contribution in [-0.4, -0.2) is 48.2 Å². The molecule has 1 aliphatic rings. The Morgan fingerprint density at radius 1 is 1.29 bits per heavy atom. The number of piperidine rings is 1. The molecule has 1 aromatic rings. The van der Waals surface area contributed by atoms with Crippen LogP contribution in [0.1, 0.15) is 30.1 Å². The summed E-state index contributed by atoms with van der Waals surface area (Å²) in [5.41, 5.74) is 0.143. The molecule has 0 spiro atoms. The second kappa shape index (κ2) is 7.46. The molecule has 1 aromatic carbocycles. The van der Waals surface area contributed by atoms with Crippen LogP contribution in [0.15, 0.2) is 18.2 Å². The van der Waals surface area contributed by atoms with Gasteiger partial charge in [0.1, 0.15) is 0 Å². The van der Waals surface area contributed by atoms with Crippen molar-refractivity contribution in [2.24, 2.45) is 5.92 Å². The van der Waals surface area contributed by atoms with Crippen LogP contribution in [0.5, 0.6) is 11.5 Å². The number of amides is 1. The molecule has 0 saturated carbocycles. The molecule has 1 saturated heterocycles. The number of carbonyl (C=O) groups excluding carboxylic acids is 1. The molecule has 6 nitrogen and oxygen atoms in total. The van der Waals surface area contributed by atoms with Gasteiger partial charge in [0.15, 0.2) is 11.5 Å². The number of aliphatic carboxylic acids is 1. The molecule has 0 radical (unpaired) electrons. The molecule has 24 heavy (non-hydrogen) atoms. The monoisotopic (exact) mass is 343 g/mol. The number of nitrogens with zero attached hydrogens (tertiary/aromatic N) is 1. The van der Waals surface area contributed by atoms with Gasteiger partial charge in [-0.05, 0) is 38.0 Å². The third-order valence-electron chi connectivity index (χ3n) is 4.12. The highest BCUT2D eigenvalue weighted by molar-refractivity contribution is 5.95. The van der Waals surface area contributed by atoms with Gasteiger partial charge >= 0.3 is 12.6 Å². The summed E-state index contributed by atoms with van der Waals surface area (Å²) < 4.78 is 34.3. The molecule has 0 aliphatic carbocycles. The van der Waals surface area contributed by atoms with Crippen molar-refractivity contribution in [3.8, 4) is 11.5 Å². The highest BCUT2D eigenvalue weighted by atomic mass is 19.3. The van der Waals surface area contributed by atoms with Crippen molar-refractivity contribution in [1.82, 2.24) is 4.90 Å². The van der Waals surface area contributed by atoms with Crippen LogP contribution in [0.2, 0.25) is 0 Å². The van der Waals surface area contributed by atoms with Crippen molar-refractivity contribution in [3.63, 3.8) is 0 Å². The second-order valence-corrected chi connectivity index (χ2v) is 5.66. The minimum atomic E-state index is -3.05. The summed E-state index contributed by atoms with van der Waals surface area (Å²) in [6.07, 6.45) is 1.07. The zero-order valence-corrected chi connectivity index (χ0v) is 13.4. The molecule has 2 rings (SSSR count). The highest BCUT2D eigenvalue weighted by Crippen LogP contribution is 2.31. The largest absolute Gasteiger partial charge is 0.493 e. The van der Waals surface area contributed by atoms with Crippen molar-refractivity contribution in [1.29, 1.82) is 0 Å². The second-order valence-electron chi connectivity index (χ2n) is 5.66. The number of hydrogen-bond acceptors (Lipinski definition) is 4. The number of carboxylic acids is 1. The number of methoxy groups -OCH3 is 1. The molecule has 2 unspecified atom stereocenters. The molecular weight excluding hydrogens is 324 g/mol. The van der Waals surface area contributed by atoms with E-state index in [0.717, 1.165) is 0 Å². The van der Waals surface area contributed by atoms with E-state index in [1.165, 1.54) is 30.2 Å². The summed E-state index contributed by atoms with van der Waals surface area (Å²) in [5, 5.41) is 9.15. The van der Waals surface area contributed by atoms with Crippen molar-refractivity contribution < 1.29 is 33.0 Å². The lowest BCUT2D eigenvalue weighted by molar-refractivity contribution is -0.143. The average molecular weight is 343 g/mol. The normalized spacial score (nSPS) is 20.8. The first-order valence-corrected chi connectivity index (χ1v) is 7.50. The van der Waals surface area contributed by atoms with E-state index in [2.05, 4.69) is 4.74 Å². The standard InChI is InChI=1S/C16H19F2NO5/c1-9-3-4-11(15(21)22)8-19(9)14(20)10-5-6-12(23-2)13(7-10)24-16(17)18/h5-7,9,11,16H,3-4,8H2,1-2H3,(H,21,22). The van der Waals surface area contributed by atoms with E-state index in [-0.39, 0.29) is 29.6 Å². The molecule has 1 amide bonds. The molecule has 0 aromatic heterocycles. The number of benzene rings is 1. The average Bonchev–Trinajstić information content (AvgIpc) is 2.53. The van der Waals surface area contributed by atoms with Gasteiger partial charge in [0.25, 0.3) is 5.91 Å². The number of halogens is 2. The Morgan fingerprint density at radius 2 is 2.00 bits per heavy atom. The number of carboxylic acid groups (broad SMARTS) is 1. The Kier molecular flexibility index (Phi) is 5.58. The Labute approximate surface area is 138 Å². The Bertz CT molecular complexity index is 622. The summed E-state index contributed by atoms with van der Waals surface area (Å²) in [6.45, 7) is -1.13. The van der Waals surface area contributed by atoms with Crippen molar-refractivity contribution in [2.45, 2.75) is 32.4 Å². The smallest absolute Gasteiger partial charge is 0.387 e. The minimum absolute atomic E-state index is 0.0851. The predicted octanol–water partition coefficient (Wildman–Crippen LogP) is 2.62. The zero-order valence-electron chi connectivity index (χ0n) is 13.4. The van der Waals surface area contributed by atoms with Gasteiger partial charge in [-0.3, -0.25) is 9.59 Å². The van der Waals surface area contributed by atoms with E-state index in [4.69, 9.17) is 9.84 Å². The van der Waals surface area contributed by atoms with Crippen molar-refractivity contribution >= 4 is 11.9 Å². The van der Waals surface area contributed by atoms with Crippen molar-refractivity contribution in [2.75, 3.05) is 13.7 Å². The molecule has 2 atom stereocenters. The number of rotatable bonds is 5. The Morgan fingerprint density at radius 3 is 2.58 bits per heavy atom. The van der Waals surface area contributed by atoms with E-state index in [0.29, 0.717) is 12.8 Å². The molecule has 0 bridgehead atoms. The van der Waals surface area contributed by atoms with E-state index in [1.54, 1.807) is 0 Å². The first-order chi connectivity index (χ1) is 11.3. The van der Waals surface area contributed by atoms with Gasteiger partial charge in [-0.15, -0.1) is 0 Å². The fraction of sp³-hybridized carbons (Fsp3) is 0.500. The molecule has 8 heteroatoms. The molecule has 132 valence electrons. The van der Waals surface area contributed by atoms with Crippen LogP contribution >= 0.6 is 0 Å². The fourth-order valence-electron chi connectivity index (χ4n) is 2.76. The van der Waals surface area contributed by atoms with Crippen LogP contribution in [0.25, 0.3) is 0 Å². The van der Waals surface area contributed by atoms with Gasteiger partial charge in [0.05, 0.1) is 13.0 Å². The first kappa shape index (κ1) is 18.0. The number of likely N-dealkylation sites (tertiary alicyclic amines) is 1. The fourth-order valence-corrected chi connectivity index (χ4v) is 2.76. The lowest BCUT2D eigenvalue weighted by Gasteiger charge is -2.36. The lowest BCUT2D eigenvalue weighted by Crippen LogP contribution is -2.47. The highest BCUT2D eigenvalue weighted by Gasteiger charge is 2.33. The lowest BCUT2D eigenvalue weighted by atomic mass is 9.93. The molecular formula is C16H19F2NO5. The van der Waals surface area contributed by atoms with Crippen LogP contribution in [0, 0.1) is 5.92 Å². The summed E-state index contributed by atoms with van der Waals surface area (Å²) in [6, 6.07) is 3.87. The number of alkyl halides is 2. The molecule has 1 N–H and O–H groups in total. The number of hydrogen-bond donors (Lipinski definition) is 1. The molecule has 1 heterocycles. The van der Waals surface area contributed by atoms with Crippen LogP contribution < -0.4 is 9.47 Å². The summed E-state index contributed by atoms with van der Waals surface area (Å²) in [5.74, 6) is -2.15. The predicted molar refractivity (Wildman–Crippen MR) is 80.5 cm³/mol. The topological polar surface area (TPSA) is 76.1 Å². The third kappa shape index (κ3) is 3.93. The van der Waals surface area contributed by atoms with Crippen molar-refractivity contribution in [3.05, 3.63) is 23.8 Å². The van der Waals surface area contributed by atoms with E-state index >= 15 is 0 Å². The first-order valence-electron chi connectivity index (χ1n) is 7.50. The summed E-state index contributed by atoms with van der Waals surface area (Å²) in [7, 11) is 1.30. The summed E-state index contributed by atoms with van der Waals surface area (Å²) in [4.78, 5) is 25.3. The minimum Gasteiger partial charge on any atom is -0.493 e. The number of carbonyl (C=O) groups is 2. The molecule has 1 fully saturated rings. The van der Waals surface area contributed by atoms with Gasteiger partial charge < -0.3 is 19.5 Å². The van der Waals surface area contributed by atoms with Gasteiger partial charge in [-0.25, -0.2) is 0 Å². The number of ether oxygens (including phenoxy) is 2. The maximum atomic E-state index is 12.7. The van der Waals surface area contributed by atoms with Gasteiger partial charge in [-0.1, -0.05) is 0 Å². The van der Waals surface area contributed by atoms with Crippen LogP contribution in [0.3, 0.4) is 0 Å². The van der Waals surface area contributed by atoms with Gasteiger partial charge in [0, 0.05) is 18.2 Å². The SMILES string of the molecule is COc1ccc(C(=O)N2CC(C(=O)O)CCC2C)cc1OC(F)F. The quantitative estimate of drug-likeness (QED) is 0.889. The maximum Gasteiger partial charge on any atom is 0.387 e. The van der Waals surface area contributed by atoms with Crippen LogP contribution in [-0.2, 0) is 4.79 Å². The van der Waals surface area contributed by atoms with Gasteiger partial charge in [-0.2, -0.15) is 8.78 Å². The maximum absolute atomic E-state index is 12.7. The Balaban J connectivity index is 2.26. The van der Waals surface area contributed by atoms with Crippen LogP contribution in [0.4, 0.5) is 8.78 Å².